The van der Waals surface area contributed by atoms with Crippen LogP contribution in [-0.2, 0) is 4.79 Å². The molecule has 21 heavy (non-hydrogen) atoms. The van der Waals surface area contributed by atoms with Gasteiger partial charge in [-0.15, -0.1) is 0 Å². The lowest BCUT2D eigenvalue weighted by molar-refractivity contribution is -0.118. The first-order valence-electron chi connectivity index (χ1n) is 6.25. The van der Waals surface area contributed by atoms with Crippen LogP contribution >= 0.6 is 0 Å². The van der Waals surface area contributed by atoms with Crippen molar-refractivity contribution in [3.63, 3.8) is 0 Å². The summed E-state index contributed by atoms with van der Waals surface area (Å²) >= 11 is 0. The third-order valence-electron chi connectivity index (χ3n) is 2.81. The average molecular weight is 287 g/mol. The standard InChI is InChI=1S/C14H13N3O4/c15-14-11(2-1-5-16-14)19-7-13(18)17-9-3-4-10-12(6-9)21-8-20-10/h1-6H,7-8H2,(H2,15,16)(H,17,18). The van der Waals surface area contributed by atoms with Gasteiger partial charge < -0.3 is 25.3 Å². The molecule has 0 bridgehead atoms. The van der Waals surface area contributed by atoms with Gasteiger partial charge in [-0.1, -0.05) is 0 Å². The minimum absolute atomic E-state index is 0.162. The Labute approximate surface area is 120 Å². The van der Waals surface area contributed by atoms with E-state index in [1.807, 2.05) is 0 Å². The fourth-order valence-electron chi connectivity index (χ4n) is 1.84. The minimum atomic E-state index is -0.308. The molecule has 1 aromatic heterocycles. The zero-order chi connectivity index (χ0) is 14.7. The Morgan fingerprint density at radius 2 is 2.19 bits per heavy atom. The summed E-state index contributed by atoms with van der Waals surface area (Å²) in [6.45, 7) is 0.0282. The molecule has 2 heterocycles. The molecular weight excluding hydrogens is 274 g/mol. The van der Waals surface area contributed by atoms with E-state index in [0.717, 1.165) is 0 Å². The number of ether oxygens (including phenoxy) is 3. The van der Waals surface area contributed by atoms with Crippen molar-refractivity contribution < 1.29 is 19.0 Å². The quantitative estimate of drug-likeness (QED) is 0.882. The number of nitrogens with one attached hydrogen (secondary N) is 1. The zero-order valence-corrected chi connectivity index (χ0v) is 11.0. The lowest BCUT2D eigenvalue weighted by Gasteiger charge is -2.09. The summed E-state index contributed by atoms with van der Waals surface area (Å²) in [5.74, 6) is 1.57. The van der Waals surface area contributed by atoms with E-state index in [9.17, 15) is 4.79 Å². The van der Waals surface area contributed by atoms with Crippen LogP contribution < -0.4 is 25.3 Å². The van der Waals surface area contributed by atoms with Gasteiger partial charge in [-0.25, -0.2) is 4.98 Å². The summed E-state index contributed by atoms with van der Waals surface area (Å²) in [6.07, 6.45) is 1.55. The number of fused-ring (bicyclic) bond motifs is 1. The molecule has 0 fully saturated rings. The van der Waals surface area contributed by atoms with Crippen LogP contribution in [0, 0.1) is 0 Å². The van der Waals surface area contributed by atoms with Gasteiger partial charge in [0.2, 0.25) is 6.79 Å². The van der Waals surface area contributed by atoms with Crippen molar-refractivity contribution in [1.29, 1.82) is 0 Å². The minimum Gasteiger partial charge on any atom is -0.480 e. The van der Waals surface area contributed by atoms with Crippen LogP contribution in [0.15, 0.2) is 36.5 Å². The number of hydrogen-bond acceptors (Lipinski definition) is 6. The number of carbonyl (C=O) groups is 1. The number of carbonyl (C=O) groups excluding carboxylic acids is 1. The number of rotatable bonds is 4. The highest BCUT2D eigenvalue weighted by atomic mass is 16.7. The van der Waals surface area contributed by atoms with Gasteiger partial charge in [0.25, 0.3) is 5.91 Å². The third kappa shape index (κ3) is 2.97. The number of pyridine rings is 1. The summed E-state index contributed by atoms with van der Waals surface area (Å²) in [5.41, 5.74) is 6.23. The van der Waals surface area contributed by atoms with Crippen LogP contribution in [0.1, 0.15) is 0 Å². The largest absolute Gasteiger partial charge is 0.480 e. The van der Waals surface area contributed by atoms with Crippen molar-refractivity contribution in [1.82, 2.24) is 4.98 Å². The summed E-state index contributed by atoms with van der Waals surface area (Å²) in [7, 11) is 0. The first-order chi connectivity index (χ1) is 10.2. The second-order valence-corrected chi connectivity index (χ2v) is 4.29. The molecule has 7 nitrogen and oxygen atoms in total. The SMILES string of the molecule is Nc1ncccc1OCC(=O)Nc1ccc2c(c1)OCO2. The Hall–Kier alpha value is -2.96. The van der Waals surface area contributed by atoms with Gasteiger partial charge >= 0.3 is 0 Å². The molecule has 108 valence electrons. The first kappa shape index (κ1) is 13.0. The highest BCUT2D eigenvalue weighted by Gasteiger charge is 2.14. The van der Waals surface area contributed by atoms with Crippen LogP contribution in [0.4, 0.5) is 11.5 Å². The number of nitrogens with two attached hydrogens (primary N) is 1. The normalized spacial score (nSPS) is 12.0. The molecule has 1 aliphatic heterocycles. The molecule has 3 N–H and O–H groups in total. The van der Waals surface area contributed by atoms with E-state index in [1.54, 1.807) is 36.5 Å². The number of amides is 1. The van der Waals surface area contributed by atoms with Crippen LogP contribution in [0.25, 0.3) is 0 Å². The van der Waals surface area contributed by atoms with E-state index in [-0.39, 0.29) is 25.1 Å². The van der Waals surface area contributed by atoms with E-state index < -0.39 is 0 Å². The predicted octanol–water partition coefficient (Wildman–Crippen LogP) is 1.41. The third-order valence-corrected chi connectivity index (χ3v) is 2.81. The number of benzene rings is 1. The lowest BCUT2D eigenvalue weighted by Crippen LogP contribution is -2.20. The summed E-state index contributed by atoms with van der Waals surface area (Å²) in [6, 6.07) is 8.48. The van der Waals surface area contributed by atoms with E-state index in [1.165, 1.54) is 0 Å². The first-order valence-corrected chi connectivity index (χ1v) is 6.25. The van der Waals surface area contributed by atoms with Gasteiger partial charge in [-0.2, -0.15) is 0 Å². The van der Waals surface area contributed by atoms with Crippen molar-refractivity contribution in [3.8, 4) is 17.2 Å². The number of anilines is 2. The van der Waals surface area contributed by atoms with Crippen LogP contribution in [-0.4, -0.2) is 24.3 Å². The molecule has 7 heteroatoms. The number of aromatic nitrogens is 1. The Kier molecular flexibility index (Phi) is 3.46. The fraction of sp³-hybridized carbons (Fsp3) is 0.143. The van der Waals surface area contributed by atoms with Gasteiger partial charge in [0.05, 0.1) is 0 Å². The zero-order valence-electron chi connectivity index (χ0n) is 11.0. The van der Waals surface area contributed by atoms with Crippen molar-refractivity contribution in [2.75, 3.05) is 24.5 Å². The molecule has 1 aromatic carbocycles. The highest BCUT2D eigenvalue weighted by molar-refractivity contribution is 5.92. The number of nitrogen functional groups attached to an aromatic ring is 1. The van der Waals surface area contributed by atoms with E-state index in [4.69, 9.17) is 19.9 Å². The molecule has 0 unspecified atom stereocenters. The van der Waals surface area contributed by atoms with E-state index >= 15 is 0 Å². The van der Waals surface area contributed by atoms with E-state index in [2.05, 4.69) is 10.3 Å². The smallest absolute Gasteiger partial charge is 0.262 e. The molecule has 1 amide bonds. The van der Waals surface area contributed by atoms with Gasteiger partial charge in [-0.05, 0) is 24.3 Å². The summed E-state index contributed by atoms with van der Waals surface area (Å²) in [4.78, 5) is 15.7. The number of nitrogens with zero attached hydrogens (tertiary/aromatic N) is 1. The van der Waals surface area contributed by atoms with Crippen LogP contribution in [0.3, 0.4) is 0 Å². The van der Waals surface area contributed by atoms with Gasteiger partial charge in [0.1, 0.15) is 0 Å². The second kappa shape index (κ2) is 5.58. The molecule has 0 saturated heterocycles. The molecule has 2 aromatic rings. The molecule has 3 rings (SSSR count). The molecule has 0 spiro atoms. The molecule has 0 atom stereocenters. The molecule has 0 radical (unpaired) electrons. The number of hydrogen-bond donors (Lipinski definition) is 2. The Morgan fingerprint density at radius 1 is 1.33 bits per heavy atom. The van der Waals surface area contributed by atoms with Crippen LogP contribution in [0.5, 0.6) is 17.2 Å². The Morgan fingerprint density at radius 3 is 3.05 bits per heavy atom. The molecular formula is C14H13N3O4. The van der Waals surface area contributed by atoms with Gasteiger partial charge in [-0.3, -0.25) is 4.79 Å². The summed E-state index contributed by atoms with van der Waals surface area (Å²) < 4.78 is 15.7. The van der Waals surface area contributed by atoms with Crippen molar-refractivity contribution in [3.05, 3.63) is 36.5 Å². The molecule has 1 aliphatic rings. The van der Waals surface area contributed by atoms with Crippen LogP contribution in [0.2, 0.25) is 0 Å². The maximum Gasteiger partial charge on any atom is 0.262 e. The molecule has 0 aliphatic carbocycles. The maximum atomic E-state index is 11.8. The maximum absolute atomic E-state index is 11.8. The van der Waals surface area contributed by atoms with Gasteiger partial charge in [0, 0.05) is 18.0 Å². The van der Waals surface area contributed by atoms with Crippen molar-refractivity contribution in [2.45, 2.75) is 0 Å². The van der Waals surface area contributed by atoms with Crippen molar-refractivity contribution in [2.24, 2.45) is 0 Å². The monoisotopic (exact) mass is 287 g/mol. The lowest BCUT2D eigenvalue weighted by atomic mass is 10.3. The van der Waals surface area contributed by atoms with E-state index in [0.29, 0.717) is 22.9 Å². The Balaban J connectivity index is 1.58. The fourth-order valence-corrected chi connectivity index (χ4v) is 1.84. The molecule has 0 saturated carbocycles. The van der Waals surface area contributed by atoms with Crippen molar-refractivity contribution >= 4 is 17.4 Å². The average Bonchev–Trinajstić information content (AvgIpc) is 2.94. The Bertz CT molecular complexity index is 675. The predicted molar refractivity (Wildman–Crippen MR) is 75.3 cm³/mol. The summed E-state index contributed by atoms with van der Waals surface area (Å²) in [5, 5.41) is 2.70. The topological polar surface area (TPSA) is 95.7 Å². The highest BCUT2D eigenvalue weighted by Crippen LogP contribution is 2.34. The van der Waals surface area contributed by atoms with Gasteiger partial charge in [0.15, 0.2) is 29.7 Å². The second-order valence-electron chi connectivity index (χ2n) is 4.29.